The number of hydrogen-bond acceptors (Lipinski definition) is 2. The molecule has 3 nitrogen and oxygen atoms in total. The number of aryl methyl sites for hydroxylation is 2. The summed E-state index contributed by atoms with van der Waals surface area (Å²) in [5.74, 6) is -0.176. The number of benzene rings is 2. The molecule has 102 valence electrons. The molecule has 0 bridgehead atoms. The molecule has 1 amide bonds. The van der Waals surface area contributed by atoms with E-state index in [0.29, 0.717) is 16.3 Å². The van der Waals surface area contributed by atoms with Gasteiger partial charge in [0.2, 0.25) is 0 Å². The number of halogens is 1. The smallest absolute Gasteiger partial charge is 0.255 e. The molecule has 20 heavy (non-hydrogen) atoms. The third-order valence-corrected chi connectivity index (χ3v) is 3.95. The molecule has 3 N–H and O–H groups in total. The lowest BCUT2D eigenvalue weighted by atomic mass is 10.1. The second-order valence-electron chi connectivity index (χ2n) is 5.03. The summed E-state index contributed by atoms with van der Waals surface area (Å²) in [5, 5.41) is 3.29. The molecule has 3 rings (SSSR count). The van der Waals surface area contributed by atoms with Crippen LogP contribution >= 0.6 is 11.6 Å². The van der Waals surface area contributed by atoms with Crippen LogP contribution in [0.2, 0.25) is 5.02 Å². The first kappa shape index (κ1) is 13.0. The first-order valence-electron chi connectivity index (χ1n) is 6.61. The van der Waals surface area contributed by atoms with Gasteiger partial charge in [-0.2, -0.15) is 0 Å². The third kappa shape index (κ3) is 2.49. The predicted molar refractivity (Wildman–Crippen MR) is 82.3 cm³/mol. The summed E-state index contributed by atoms with van der Waals surface area (Å²) in [7, 11) is 0. The highest BCUT2D eigenvalue weighted by Gasteiger charge is 2.13. The SMILES string of the molecule is Nc1ccc(C(=O)Nc2ccc3c(c2)CCC3)cc1Cl. The maximum absolute atomic E-state index is 12.2. The molecule has 2 aromatic carbocycles. The van der Waals surface area contributed by atoms with Gasteiger partial charge in [-0.15, -0.1) is 0 Å². The summed E-state index contributed by atoms with van der Waals surface area (Å²) < 4.78 is 0. The zero-order valence-corrected chi connectivity index (χ0v) is 11.7. The van der Waals surface area contributed by atoms with Gasteiger partial charge in [0.05, 0.1) is 10.7 Å². The van der Waals surface area contributed by atoms with E-state index in [9.17, 15) is 4.79 Å². The van der Waals surface area contributed by atoms with E-state index in [1.165, 1.54) is 17.5 Å². The Hall–Kier alpha value is -2.00. The molecule has 0 radical (unpaired) electrons. The maximum atomic E-state index is 12.2. The fourth-order valence-corrected chi connectivity index (χ4v) is 2.70. The van der Waals surface area contributed by atoms with Crippen molar-refractivity contribution in [1.82, 2.24) is 0 Å². The lowest BCUT2D eigenvalue weighted by Crippen LogP contribution is -2.12. The van der Waals surface area contributed by atoms with Crippen LogP contribution in [-0.2, 0) is 12.8 Å². The summed E-state index contributed by atoms with van der Waals surface area (Å²) in [6.07, 6.45) is 3.42. The van der Waals surface area contributed by atoms with Gasteiger partial charge in [0, 0.05) is 11.3 Å². The maximum Gasteiger partial charge on any atom is 0.255 e. The van der Waals surface area contributed by atoms with Crippen molar-refractivity contribution in [2.75, 3.05) is 11.1 Å². The van der Waals surface area contributed by atoms with E-state index in [4.69, 9.17) is 17.3 Å². The largest absolute Gasteiger partial charge is 0.398 e. The van der Waals surface area contributed by atoms with Gasteiger partial charge in [0.1, 0.15) is 0 Å². The molecule has 0 saturated carbocycles. The minimum Gasteiger partial charge on any atom is -0.398 e. The van der Waals surface area contributed by atoms with Crippen molar-refractivity contribution in [2.45, 2.75) is 19.3 Å². The number of hydrogen-bond donors (Lipinski definition) is 2. The van der Waals surface area contributed by atoms with Gasteiger partial charge in [-0.25, -0.2) is 0 Å². The van der Waals surface area contributed by atoms with Crippen molar-refractivity contribution >= 4 is 28.9 Å². The van der Waals surface area contributed by atoms with Gasteiger partial charge < -0.3 is 11.1 Å². The van der Waals surface area contributed by atoms with Crippen LogP contribution in [0, 0.1) is 0 Å². The van der Waals surface area contributed by atoms with E-state index in [0.717, 1.165) is 18.5 Å². The van der Waals surface area contributed by atoms with Crippen LogP contribution in [0.5, 0.6) is 0 Å². The number of nitrogens with two attached hydrogens (primary N) is 1. The number of amides is 1. The Morgan fingerprint density at radius 3 is 2.70 bits per heavy atom. The van der Waals surface area contributed by atoms with Gasteiger partial charge >= 0.3 is 0 Å². The van der Waals surface area contributed by atoms with Crippen LogP contribution < -0.4 is 11.1 Å². The van der Waals surface area contributed by atoms with E-state index in [1.807, 2.05) is 6.07 Å². The number of rotatable bonds is 2. The Balaban J connectivity index is 1.80. The fraction of sp³-hybridized carbons (Fsp3) is 0.188. The fourth-order valence-electron chi connectivity index (χ4n) is 2.52. The van der Waals surface area contributed by atoms with Crippen molar-refractivity contribution in [1.29, 1.82) is 0 Å². The molecule has 1 aliphatic rings. The van der Waals surface area contributed by atoms with Crippen LogP contribution in [-0.4, -0.2) is 5.91 Å². The normalized spacial score (nSPS) is 13.1. The molecular weight excluding hydrogens is 272 g/mol. The third-order valence-electron chi connectivity index (χ3n) is 3.62. The second-order valence-corrected chi connectivity index (χ2v) is 5.43. The standard InChI is InChI=1S/C16H15ClN2O/c17-14-9-12(5-7-15(14)18)16(20)19-13-6-4-10-2-1-3-11(10)8-13/h4-9H,1-3,18H2,(H,19,20). The van der Waals surface area contributed by atoms with Gasteiger partial charge in [-0.05, 0) is 60.7 Å². The number of carbonyl (C=O) groups excluding carboxylic acids is 1. The van der Waals surface area contributed by atoms with E-state index in [1.54, 1.807) is 18.2 Å². The average molecular weight is 287 g/mol. The van der Waals surface area contributed by atoms with Crippen molar-refractivity contribution in [3.8, 4) is 0 Å². The minimum absolute atomic E-state index is 0.176. The van der Waals surface area contributed by atoms with Crippen molar-refractivity contribution in [3.05, 3.63) is 58.1 Å². The molecule has 0 aromatic heterocycles. The van der Waals surface area contributed by atoms with Crippen LogP contribution in [0.1, 0.15) is 27.9 Å². The number of carbonyl (C=O) groups is 1. The number of nitrogens with one attached hydrogen (secondary N) is 1. The molecule has 0 fully saturated rings. The number of fused-ring (bicyclic) bond motifs is 1. The monoisotopic (exact) mass is 286 g/mol. The highest BCUT2D eigenvalue weighted by molar-refractivity contribution is 6.33. The quantitative estimate of drug-likeness (QED) is 0.828. The van der Waals surface area contributed by atoms with Crippen molar-refractivity contribution in [2.24, 2.45) is 0 Å². The summed E-state index contributed by atoms with van der Waals surface area (Å²) >= 11 is 5.93. The zero-order valence-electron chi connectivity index (χ0n) is 10.9. The lowest BCUT2D eigenvalue weighted by Gasteiger charge is -2.08. The Labute approximate surface area is 122 Å². The average Bonchev–Trinajstić information content (AvgIpc) is 2.89. The predicted octanol–water partition coefficient (Wildman–Crippen LogP) is 3.66. The van der Waals surface area contributed by atoms with Crippen LogP contribution in [0.4, 0.5) is 11.4 Å². The van der Waals surface area contributed by atoms with Gasteiger partial charge in [0.25, 0.3) is 5.91 Å². The number of nitrogen functional groups attached to an aromatic ring is 1. The van der Waals surface area contributed by atoms with Crippen molar-refractivity contribution < 1.29 is 4.79 Å². The molecule has 0 heterocycles. The molecular formula is C16H15ClN2O. The molecule has 0 unspecified atom stereocenters. The summed E-state index contributed by atoms with van der Waals surface area (Å²) in [6.45, 7) is 0. The second kappa shape index (κ2) is 5.17. The summed E-state index contributed by atoms with van der Waals surface area (Å²) in [5.41, 5.74) is 10.2. The van der Waals surface area contributed by atoms with Gasteiger partial charge in [0.15, 0.2) is 0 Å². The summed E-state index contributed by atoms with van der Waals surface area (Å²) in [6, 6.07) is 11.0. The highest BCUT2D eigenvalue weighted by Crippen LogP contribution is 2.25. The van der Waals surface area contributed by atoms with Crippen LogP contribution in [0.15, 0.2) is 36.4 Å². The molecule has 4 heteroatoms. The zero-order chi connectivity index (χ0) is 14.1. The molecule has 0 aliphatic heterocycles. The van der Waals surface area contributed by atoms with Crippen molar-refractivity contribution in [3.63, 3.8) is 0 Å². The first-order valence-corrected chi connectivity index (χ1v) is 6.99. The highest BCUT2D eigenvalue weighted by atomic mass is 35.5. The Morgan fingerprint density at radius 2 is 1.90 bits per heavy atom. The van der Waals surface area contributed by atoms with E-state index in [2.05, 4.69) is 17.4 Å². The Kier molecular flexibility index (Phi) is 3.36. The van der Waals surface area contributed by atoms with E-state index in [-0.39, 0.29) is 5.91 Å². The first-order chi connectivity index (χ1) is 9.63. The Morgan fingerprint density at radius 1 is 1.10 bits per heavy atom. The Bertz CT molecular complexity index is 682. The van der Waals surface area contributed by atoms with Crippen LogP contribution in [0.25, 0.3) is 0 Å². The molecule has 2 aromatic rings. The topological polar surface area (TPSA) is 55.1 Å². The molecule has 1 aliphatic carbocycles. The van der Waals surface area contributed by atoms with E-state index < -0.39 is 0 Å². The van der Waals surface area contributed by atoms with Gasteiger partial charge in [-0.1, -0.05) is 17.7 Å². The molecule has 0 atom stereocenters. The van der Waals surface area contributed by atoms with E-state index >= 15 is 0 Å². The van der Waals surface area contributed by atoms with Crippen LogP contribution in [0.3, 0.4) is 0 Å². The lowest BCUT2D eigenvalue weighted by molar-refractivity contribution is 0.102. The summed E-state index contributed by atoms with van der Waals surface area (Å²) in [4.78, 5) is 12.2. The molecule has 0 saturated heterocycles. The minimum atomic E-state index is -0.176. The van der Waals surface area contributed by atoms with Gasteiger partial charge in [-0.3, -0.25) is 4.79 Å². The number of anilines is 2. The molecule has 0 spiro atoms.